The Bertz CT molecular complexity index is 2630. The van der Waals surface area contributed by atoms with Gasteiger partial charge in [0.15, 0.2) is 0 Å². The molecule has 250 valence electrons. The van der Waals surface area contributed by atoms with Crippen LogP contribution in [0.15, 0.2) is 109 Å². The van der Waals surface area contributed by atoms with Crippen molar-refractivity contribution < 1.29 is 0 Å². The molecule has 0 heterocycles. The average Bonchev–Trinajstić information content (AvgIpc) is 3.17. The molecule has 9 rings (SSSR count). The standard InChI is InChI=1S/C51H46/c1-3-5-7-9-11-35-14-18-37(19-15-35)21-23-41-33-43-27-26-42-32-40(22-20-36-16-12-34(13-17-36)10-8-6-4-2)44-30-28-38-24-25-39-29-31-45(41)51-47(39)46(38)50(44)48(42)49(43)51/h12-33H,3-11H2,1-2H3. The van der Waals surface area contributed by atoms with Gasteiger partial charge in [0.2, 0.25) is 0 Å². The fraction of sp³-hybridized carbons (Fsp3) is 0.216. The number of hydrogen-bond acceptors (Lipinski definition) is 0. The number of unbranched alkanes of at least 4 members (excludes halogenated alkanes) is 5. The van der Waals surface area contributed by atoms with Crippen molar-refractivity contribution in [2.24, 2.45) is 0 Å². The minimum atomic E-state index is 1.17. The minimum absolute atomic E-state index is 1.17. The van der Waals surface area contributed by atoms with E-state index in [0.29, 0.717) is 0 Å². The third-order valence-electron chi connectivity index (χ3n) is 11.4. The smallest absolute Gasteiger partial charge is 0.000785 e. The van der Waals surface area contributed by atoms with Gasteiger partial charge >= 0.3 is 0 Å². The molecule has 0 nitrogen and oxygen atoms in total. The van der Waals surface area contributed by atoms with E-state index in [1.807, 2.05) is 0 Å². The Balaban J connectivity index is 1.14. The molecule has 51 heavy (non-hydrogen) atoms. The highest BCUT2D eigenvalue weighted by Crippen LogP contribution is 2.50. The molecule has 0 saturated heterocycles. The van der Waals surface area contributed by atoms with E-state index in [0.717, 1.165) is 0 Å². The molecular weight excluding hydrogens is 613 g/mol. The van der Waals surface area contributed by atoms with Crippen LogP contribution in [0.25, 0.3) is 88.9 Å². The predicted molar refractivity (Wildman–Crippen MR) is 227 cm³/mol. The van der Waals surface area contributed by atoms with Gasteiger partial charge in [0.05, 0.1) is 0 Å². The summed E-state index contributed by atoms with van der Waals surface area (Å²) < 4.78 is 0. The monoisotopic (exact) mass is 658 g/mol. The molecule has 0 saturated carbocycles. The normalized spacial score (nSPS) is 12.7. The molecule has 0 unspecified atom stereocenters. The molecule has 0 aliphatic heterocycles. The Kier molecular flexibility index (Phi) is 8.40. The van der Waals surface area contributed by atoms with Crippen LogP contribution in [0.3, 0.4) is 0 Å². The van der Waals surface area contributed by atoms with Gasteiger partial charge in [-0.25, -0.2) is 0 Å². The molecular formula is C51H46. The summed E-state index contributed by atoms with van der Waals surface area (Å²) >= 11 is 0. The van der Waals surface area contributed by atoms with Crippen molar-refractivity contribution in [3.63, 3.8) is 0 Å². The molecule has 0 amide bonds. The van der Waals surface area contributed by atoms with Crippen molar-refractivity contribution in [3.05, 3.63) is 143 Å². The SMILES string of the molecule is CCCCCCc1ccc(C=Cc2cc3ccc4cc(C=Cc5ccc(CCCCC)cc5)c5ccc6ccc7ccc2c2c7c6c5c4c32)cc1. The summed E-state index contributed by atoms with van der Waals surface area (Å²) in [4.78, 5) is 0. The van der Waals surface area contributed by atoms with Gasteiger partial charge in [-0.15, -0.1) is 0 Å². The Labute approximate surface area is 302 Å². The first-order valence-electron chi connectivity index (χ1n) is 19.4. The van der Waals surface area contributed by atoms with E-state index in [2.05, 4.69) is 147 Å². The Morgan fingerprint density at radius 2 is 0.745 bits per heavy atom. The summed E-state index contributed by atoms with van der Waals surface area (Å²) in [5.74, 6) is 0. The van der Waals surface area contributed by atoms with Crippen LogP contribution in [0, 0.1) is 0 Å². The lowest BCUT2D eigenvalue weighted by molar-refractivity contribution is 0.667. The summed E-state index contributed by atoms with van der Waals surface area (Å²) in [7, 11) is 0. The lowest BCUT2D eigenvalue weighted by Crippen LogP contribution is -1.95. The molecule has 9 aromatic carbocycles. The molecule has 0 heteroatoms. The van der Waals surface area contributed by atoms with Crippen LogP contribution in [-0.2, 0) is 12.8 Å². The van der Waals surface area contributed by atoms with Crippen LogP contribution in [0.4, 0.5) is 0 Å². The first-order valence-corrected chi connectivity index (χ1v) is 19.4. The zero-order valence-corrected chi connectivity index (χ0v) is 30.1. The Morgan fingerprint density at radius 3 is 1.22 bits per heavy atom. The van der Waals surface area contributed by atoms with Gasteiger partial charge < -0.3 is 0 Å². The van der Waals surface area contributed by atoms with Gasteiger partial charge in [-0.3, -0.25) is 0 Å². The van der Waals surface area contributed by atoms with E-state index in [1.54, 1.807) is 0 Å². The van der Waals surface area contributed by atoms with Gasteiger partial charge in [0.1, 0.15) is 0 Å². The Hall–Kier alpha value is -5.20. The van der Waals surface area contributed by atoms with Crippen LogP contribution in [0.5, 0.6) is 0 Å². The lowest BCUT2D eigenvalue weighted by atomic mass is 9.80. The van der Waals surface area contributed by atoms with Crippen LogP contribution < -0.4 is 0 Å². The molecule has 0 spiro atoms. The van der Waals surface area contributed by atoms with Crippen LogP contribution >= 0.6 is 0 Å². The van der Waals surface area contributed by atoms with E-state index >= 15 is 0 Å². The maximum Gasteiger partial charge on any atom is -0.000785 e. The first kappa shape index (κ1) is 31.8. The molecule has 0 aromatic heterocycles. The highest BCUT2D eigenvalue weighted by molar-refractivity contribution is 6.45. The minimum Gasteiger partial charge on any atom is -0.0654 e. The first-order chi connectivity index (χ1) is 25.2. The predicted octanol–water partition coefficient (Wildman–Crippen LogP) is 15.1. The summed E-state index contributed by atoms with van der Waals surface area (Å²) in [6.07, 6.45) is 20.7. The zero-order valence-electron chi connectivity index (χ0n) is 30.1. The molecule has 9 aromatic rings. The van der Waals surface area contributed by atoms with E-state index < -0.39 is 0 Å². The lowest BCUT2D eigenvalue weighted by Gasteiger charge is -2.22. The molecule has 0 atom stereocenters. The van der Waals surface area contributed by atoms with E-state index in [4.69, 9.17) is 0 Å². The molecule has 0 bridgehead atoms. The summed E-state index contributed by atoms with van der Waals surface area (Å²) in [6, 6.07) is 41.9. The van der Waals surface area contributed by atoms with Crippen molar-refractivity contribution in [1.29, 1.82) is 0 Å². The highest BCUT2D eigenvalue weighted by atomic mass is 14.2. The van der Waals surface area contributed by atoms with E-state index in [1.165, 1.54) is 156 Å². The molecule has 0 aliphatic rings. The third kappa shape index (κ3) is 5.72. The molecule has 0 N–H and O–H groups in total. The highest BCUT2D eigenvalue weighted by Gasteiger charge is 2.22. The van der Waals surface area contributed by atoms with Crippen LogP contribution in [0.2, 0.25) is 0 Å². The molecule has 0 aliphatic carbocycles. The number of rotatable bonds is 13. The van der Waals surface area contributed by atoms with Crippen LogP contribution in [-0.4, -0.2) is 0 Å². The van der Waals surface area contributed by atoms with Crippen molar-refractivity contribution in [2.75, 3.05) is 0 Å². The Morgan fingerprint density at radius 1 is 0.353 bits per heavy atom. The molecule has 0 fully saturated rings. The van der Waals surface area contributed by atoms with E-state index in [-0.39, 0.29) is 0 Å². The van der Waals surface area contributed by atoms with Gasteiger partial charge in [-0.05, 0) is 136 Å². The fourth-order valence-electron chi connectivity index (χ4n) is 8.71. The van der Waals surface area contributed by atoms with Gasteiger partial charge in [0.25, 0.3) is 0 Å². The second-order valence-electron chi connectivity index (χ2n) is 14.8. The summed E-state index contributed by atoms with van der Waals surface area (Å²) in [5, 5.41) is 16.4. The number of benzene rings is 9. The number of hydrogen-bond donors (Lipinski definition) is 0. The second-order valence-corrected chi connectivity index (χ2v) is 14.8. The summed E-state index contributed by atoms with van der Waals surface area (Å²) in [5.41, 5.74) is 7.95. The third-order valence-corrected chi connectivity index (χ3v) is 11.4. The van der Waals surface area contributed by atoms with Crippen molar-refractivity contribution in [1.82, 2.24) is 0 Å². The van der Waals surface area contributed by atoms with Gasteiger partial charge in [0, 0.05) is 0 Å². The zero-order chi connectivity index (χ0) is 34.3. The topological polar surface area (TPSA) is 0 Å². The average molecular weight is 659 g/mol. The van der Waals surface area contributed by atoms with Crippen molar-refractivity contribution in [2.45, 2.75) is 71.6 Å². The molecule has 0 radical (unpaired) electrons. The number of aryl methyl sites for hydroxylation is 2. The van der Waals surface area contributed by atoms with Crippen LogP contribution in [0.1, 0.15) is 92.2 Å². The van der Waals surface area contributed by atoms with Crippen molar-refractivity contribution in [3.8, 4) is 0 Å². The van der Waals surface area contributed by atoms with Gasteiger partial charge in [-0.1, -0.05) is 167 Å². The fourth-order valence-corrected chi connectivity index (χ4v) is 8.71. The maximum atomic E-state index is 2.42. The van der Waals surface area contributed by atoms with Crippen molar-refractivity contribution >= 4 is 88.9 Å². The summed E-state index contributed by atoms with van der Waals surface area (Å²) in [6.45, 7) is 4.55. The quantitative estimate of drug-likeness (QED) is 0.0500. The van der Waals surface area contributed by atoms with Gasteiger partial charge in [-0.2, -0.15) is 0 Å². The largest absolute Gasteiger partial charge is 0.0654 e. The maximum absolute atomic E-state index is 2.42. The van der Waals surface area contributed by atoms with E-state index in [9.17, 15) is 0 Å². The second kappa shape index (κ2) is 13.5.